The van der Waals surface area contributed by atoms with Crippen molar-refractivity contribution in [3.63, 3.8) is 0 Å². The first-order chi connectivity index (χ1) is 13.7. The number of aryl methyl sites for hydroxylation is 2. The van der Waals surface area contributed by atoms with Crippen LogP contribution in [0.4, 0.5) is 0 Å². The molecule has 0 spiro atoms. The van der Waals surface area contributed by atoms with Crippen molar-refractivity contribution in [2.24, 2.45) is 0 Å². The zero-order valence-corrected chi connectivity index (χ0v) is 18.5. The second-order valence-corrected chi connectivity index (χ2v) is 8.59. The average molecular weight is 423 g/mol. The molecule has 0 bridgehead atoms. The van der Waals surface area contributed by atoms with Gasteiger partial charge in [0.25, 0.3) is 0 Å². The van der Waals surface area contributed by atoms with E-state index in [0.29, 0.717) is 6.54 Å². The lowest BCUT2D eigenvalue weighted by atomic mass is 10.1. The van der Waals surface area contributed by atoms with Crippen molar-refractivity contribution < 1.29 is 17.7 Å². The Hall–Kier alpha value is -2.23. The van der Waals surface area contributed by atoms with E-state index in [2.05, 4.69) is 33.9 Å². The number of hydrogen-bond donors (Lipinski definition) is 2. The minimum Gasteiger partial charge on any atom is -0.360 e. The van der Waals surface area contributed by atoms with Gasteiger partial charge in [-0.25, -0.2) is 8.42 Å². The molecule has 160 valence electrons. The molecule has 0 saturated carbocycles. The zero-order valence-electron chi connectivity index (χ0n) is 17.7. The molecule has 0 radical (unpaired) electrons. The van der Waals surface area contributed by atoms with Crippen molar-refractivity contribution in [3.05, 3.63) is 46.8 Å². The molecule has 1 atom stereocenters. The van der Waals surface area contributed by atoms with Crippen LogP contribution in [0.25, 0.3) is 0 Å². The van der Waals surface area contributed by atoms with E-state index in [1.54, 1.807) is 6.92 Å². The van der Waals surface area contributed by atoms with Crippen molar-refractivity contribution in [3.8, 4) is 0 Å². The molecule has 2 N–H and O–H groups in total. The van der Waals surface area contributed by atoms with Gasteiger partial charge in [0.1, 0.15) is 10.6 Å². The molecule has 1 amide bonds. The lowest BCUT2D eigenvalue weighted by molar-refractivity contribution is -0.122. The summed E-state index contributed by atoms with van der Waals surface area (Å²) >= 11 is 0. The number of carbonyl (C=O) groups excluding carboxylic acids is 1. The molecule has 0 saturated heterocycles. The lowest BCUT2D eigenvalue weighted by Gasteiger charge is -2.20. The number of aromatic nitrogens is 1. The largest absolute Gasteiger partial charge is 0.360 e. The summed E-state index contributed by atoms with van der Waals surface area (Å²) in [5.41, 5.74) is 2.40. The predicted octanol–water partition coefficient (Wildman–Crippen LogP) is 2.12. The summed E-state index contributed by atoms with van der Waals surface area (Å²) < 4.78 is 32.4. The van der Waals surface area contributed by atoms with Gasteiger partial charge in [0.15, 0.2) is 5.76 Å². The number of benzene rings is 1. The maximum Gasteiger partial charge on any atom is 0.246 e. The third-order valence-corrected chi connectivity index (χ3v) is 6.61. The van der Waals surface area contributed by atoms with Crippen LogP contribution in [-0.2, 0) is 27.9 Å². The number of nitrogens with one attached hydrogen (secondary N) is 2. The molecular weight excluding hydrogens is 392 g/mol. The van der Waals surface area contributed by atoms with Crippen molar-refractivity contribution in [2.45, 2.75) is 58.6 Å². The quantitative estimate of drug-likeness (QED) is 0.608. The summed E-state index contributed by atoms with van der Waals surface area (Å²) in [6.45, 7) is 11.8. The molecule has 2 aromatic rings. The Morgan fingerprint density at radius 2 is 1.79 bits per heavy atom. The summed E-state index contributed by atoms with van der Waals surface area (Å²) in [7, 11) is -3.91. The summed E-state index contributed by atoms with van der Waals surface area (Å²) in [6.07, 6.45) is 0. The molecule has 8 nitrogen and oxygen atoms in total. The Morgan fingerprint density at radius 1 is 1.17 bits per heavy atom. The molecule has 1 aromatic carbocycles. The molecule has 0 aliphatic heterocycles. The van der Waals surface area contributed by atoms with E-state index in [1.165, 1.54) is 13.8 Å². The second kappa shape index (κ2) is 10.00. The molecule has 0 fully saturated rings. The molecule has 0 unspecified atom stereocenters. The fraction of sp³-hybridized carbons (Fsp3) is 0.500. The number of amides is 1. The van der Waals surface area contributed by atoms with Gasteiger partial charge in [-0.3, -0.25) is 9.69 Å². The van der Waals surface area contributed by atoms with Gasteiger partial charge in [0, 0.05) is 13.1 Å². The first-order valence-corrected chi connectivity index (χ1v) is 11.2. The molecule has 9 heteroatoms. The Labute approximate surface area is 172 Å². The molecule has 29 heavy (non-hydrogen) atoms. The summed E-state index contributed by atoms with van der Waals surface area (Å²) in [5.74, 6) is -0.217. The zero-order chi connectivity index (χ0) is 21.6. The van der Waals surface area contributed by atoms with Crippen molar-refractivity contribution in [1.82, 2.24) is 20.1 Å². The van der Waals surface area contributed by atoms with E-state index in [9.17, 15) is 13.2 Å². The summed E-state index contributed by atoms with van der Waals surface area (Å²) in [5, 5.41) is 6.48. The maximum absolute atomic E-state index is 12.6. The standard InChI is InChI=1S/C20H30N4O4S/c1-6-24(7-2)13-18-11-9-8-10-17(18)12-21-20(25)15(4)23-29(26,27)19-14(3)22-28-16(19)5/h8-11,15,23H,6-7,12-13H2,1-5H3,(H,21,25)/t15-/m0/s1. The van der Waals surface area contributed by atoms with Crippen LogP contribution in [0.5, 0.6) is 0 Å². The average Bonchev–Trinajstić information content (AvgIpc) is 3.03. The number of nitrogens with zero attached hydrogens (tertiary/aromatic N) is 2. The molecule has 2 rings (SSSR count). The lowest BCUT2D eigenvalue weighted by Crippen LogP contribution is -2.44. The van der Waals surface area contributed by atoms with Gasteiger partial charge in [-0.15, -0.1) is 0 Å². The van der Waals surface area contributed by atoms with Gasteiger partial charge in [-0.05, 0) is 45.0 Å². The number of sulfonamides is 1. The van der Waals surface area contributed by atoms with Crippen LogP contribution >= 0.6 is 0 Å². The first-order valence-electron chi connectivity index (χ1n) is 9.71. The van der Waals surface area contributed by atoms with Crippen LogP contribution in [0.3, 0.4) is 0 Å². The molecule has 0 aliphatic carbocycles. The van der Waals surface area contributed by atoms with Crippen molar-refractivity contribution in [1.29, 1.82) is 0 Å². The highest BCUT2D eigenvalue weighted by molar-refractivity contribution is 7.89. The van der Waals surface area contributed by atoms with Crippen LogP contribution in [0.2, 0.25) is 0 Å². The first kappa shape index (κ1) is 23.1. The predicted molar refractivity (Wildman–Crippen MR) is 111 cm³/mol. The topological polar surface area (TPSA) is 105 Å². The number of carbonyl (C=O) groups is 1. The van der Waals surface area contributed by atoms with Crippen LogP contribution in [0.1, 0.15) is 43.4 Å². The summed E-state index contributed by atoms with van der Waals surface area (Å²) in [6, 6.07) is 6.98. The van der Waals surface area contributed by atoms with Crippen molar-refractivity contribution >= 4 is 15.9 Å². The Bertz CT molecular complexity index is 916. The van der Waals surface area contributed by atoms with Crippen LogP contribution in [0.15, 0.2) is 33.7 Å². The van der Waals surface area contributed by atoms with Crippen LogP contribution in [0, 0.1) is 13.8 Å². The Kier molecular flexibility index (Phi) is 7.95. The van der Waals surface area contributed by atoms with Crippen LogP contribution < -0.4 is 10.0 Å². The van der Waals surface area contributed by atoms with Gasteiger partial charge < -0.3 is 9.84 Å². The molecule has 1 heterocycles. The van der Waals surface area contributed by atoms with E-state index < -0.39 is 22.0 Å². The van der Waals surface area contributed by atoms with Gasteiger partial charge in [-0.1, -0.05) is 43.3 Å². The van der Waals surface area contributed by atoms with E-state index >= 15 is 0 Å². The highest BCUT2D eigenvalue weighted by Crippen LogP contribution is 2.19. The summed E-state index contributed by atoms with van der Waals surface area (Å²) in [4.78, 5) is 14.8. The molecular formula is C20H30N4O4S. The fourth-order valence-corrected chi connectivity index (χ4v) is 4.64. The monoisotopic (exact) mass is 422 g/mol. The van der Waals surface area contributed by atoms with Gasteiger partial charge in [0.05, 0.1) is 6.04 Å². The smallest absolute Gasteiger partial charge is 0.246 e. The van der Waals surface area contributed by atoms with Gasteiger partial charge in [0.2, 0.25) is 15.9 Å². The van der Waals surface area contributed by atoms with Crippen LogP contribution in [-0.4, -0.2) is 43.5 Å². The van der Waals surface area contributed by atoms with Crippen molar-refractivity contribution in [2.75, 3.05) is 13.1 Å². The minimum absolute atomic E-state index is 0.0262. The molecule has 0 aliphatic rings. The SMILES string of the molecule is CCN(CC)Cc1ccccc1CNC(=O)[C@H](C)NS(=O)(=O)c1c(C)noc1C. The fourth-order valence-electron chi connectivity index (χ4n) is 3.11. The van der Waals surface area contributed by atoms with E-state index in [0.717, 1.165) is 30.8 Å². The minimum atomic E-state index is -3.91. The van der Waals surface area contributed by atoms with Gasteiger partial charge >= 0.3 is 0 Å². The highest BCUT2D eigenvalue weighted by atomic mass is 32.2. The van der Waals surface area contributed by atoms with E-state index in [-0.39, 0.29) is 16.3 Å². The maximum atomic E-state index is 12.6. The second-order valence-electron chi connectivity index (χ2n) is 6.94. The highest BCUT2D eigenvalue weighted by Gasteiger charge is 2.28. The van der Waals surface area contributed by atoms with E-state index in [4.69, 9.17) is 4.52 Å². The Morgan fingerprint density at radius 3 is 2.34 bits per heavy atom. The Balaban J connectivity index is 2.03. The third kappa shape index (κ3) is 5.88. The number of rotatable bonds is 10. The van der Waals surface area contributed by atoms with Gasteiger partial charge in [-0.2, -0.15) is 4.72 Å². The normalized spacial score (nSPS) is 12.9. The number of hydrogen-bond acceptors (Lipinski definition) is 6. The molecule has 1 aromatic heterocycles. The van der Waals surface area contributed by atoms with E-state index in [1.807, 2.05) is 24.3 Å². The third-order valence-electron chi connectivity index (χ3n) is 4.82.